The van der Waals surface area contributed by atoms with E-state index in [1.165, 1.54) is 23.8 Å². The summed E-state index contributed by atoms with van der Waals surface area (Å²) >= 11 is 0. The number of urea groups is 1. The Morgan fingerprint density at radius 1 is 1.31 bits per heavy atom. The number of halogens is 1. The lowest BCUT2D eigenvalue weighted by atomic mass is 10.0. The Morgan fingerprint density at radius 2 is 2.21 bits per heavy atom. The molecule has 29 heavy (non-hydrogen) atoms. The number of rotatable bonds is 1. The number of aromatic nitrogens is 4. The minimum absolute atomic E-state index is 0.100. The van der Waals surface area contributed by atoms with Crippen LogP contribution in [0.15, 0.2) is 24.4 Å². The van der Waals surface area contributed by atoms with E-state index < -0.39 is 5.82 Å². The Kier molecular flexibility index (Phi) is 4.05. The largest absolute Gasteiger partial charge is 0.322 e. The molecule has 0 radical (unpaired) electrons. The number of H-pyrrole nitrogens is 1. The van der Waals surface area contributed by atoms with Crippen LogP contribution in [-0.4, -0.2) is 37.5 Å². The quantitative estimate of drug-likeness (QED) is 0.666. The van der Waals surface area contributed by atoms with E-state index in [9.17, 15) is 9.18 Å². The topological polar surface area (TPSA) is 103 Å². The van der Waals surface area contributed by atoms with Crippen molar-refractivity contribution in [2.24, 2.45) is 0 Å². The highest BCUT2D eigenvalue weighted by Gasteiger charge is 2.30. The fourth-order valence-corrected chi connectivity index (χ4v) is 4.05. The zero-order chi connectivity index (χ0) is 20.0. The second kappa shape index (κ2) is 6.74. The van der Waals surface area contributed by atoms with Crippen LogP contribution in [0.25, 0.3) is 11.4 Å². The molecular formula is C20H18FN7O. The van der Waals surface area contributed by atoms with Gasteiger partial charge in [-0.2, -0.15) is 15.5 Å². The summed E-state index contributed by atoms with van der Waals surface area (Å²) in [4.78, 5) is 14.5. The first-order valence-electron chi connectivity index (χ1n) is 9.51. The van der Waals surface area contributed by atoms with E-state index in [1.807, 2.05) is 10.9 Å². The molecule has 4 heterocycles. The summed E-state index contributed by atoms with van der Waals surface area (Å²) in [5, 5.41) is 23.9. The second-order valence-electron chi connectivity index (χ2n) is 7.27. The molecule has 0 saturated carbocycles. The van der Waals surface area contributed by atoms with Crippen LogP contribution in [0, 0.1) is 17.1 Å². The Bertz CT molecular complexity index is 1160. The van der Waals surface area contributed by atoms with Gasteiger partial charge in [-0.25, -0.2) is 9.18 Å². The summed E-state index contributed by atoms with van der Waals surface area (Å²) in [5.74, 6) is -0.606. The lowest BCUT2D eigenvalue weighted by molar-refractivity contribution is 0.206. The molecule has 146 valence electrons. The molecule has 2 amide bonds. The fraction of sp³-hybridized carbons (Fsp3) is 0.300. The van der Waals surface area contributed by atoms with Gasteiger partial charge in [0.25, 0.3) is 0 Å². The summed E-state index contributed by atoms with van der Waals surface area (Å²) in [6, 6.07) is 5.46. The first-order chi connectivity index (χ1) is 14.1. The van der Waals surface area contributed by atoms with Crippen LogP contribution >= 0.6 is 0 Å². The number of fused-ring (bicyclic) bond motifs is 5. The second-order valence-corrected chi connectivity index (χ2v) is 7.27. The minimum Gasteiger partial charge on any atom is -0.320 e. The van der Waals surface area contributed by atoms with Gasteiger partial charge in [0, 0.05) is 37.0 Å². The van der Waals surface area contributed by atoms with Gasteiger partial charge in [0.05, 0.1) is 23.5 Å². The number of benzene rings is 1. The summed E-state index contributed by atoms with van der Waals surface area (Å²) in [6.45, 7) is 1.79. The first-order valence-corrected chi connectivity index (χ1v) is 9.51. The number of nitrogens with zero attached hydrogens (tertiary/aromatic N) is 5. The van der Waals surface area contributed by atoms with Gasteiger partial charge in [0.1, 0.15) is 17.6 Å². The number of hydrogen-bond donors (Lipinski definition) is 2. The third-order valence-electron chi connectivity index (χ3n) is 5.49. The average Bonchev–Trinajstić information content (AvgIpc) is 3.28. The normalized spacial score (nSPS) is 15.0. The molecule has 5 rings (SSSR count). The van der Waals surface area contributed by atoms with Crippen molar-refractivity contribution in [2.75, 3.05) is 11.9 Å². The predicted molar refractivity (Wildman–Crippen MR) is 102 cm³/mol. The average molecular weight is 391 g/mol. The number of hydrogen-bond acceptors (Lipinski definition) is 4. The number of nitriles is 1. The molecule has 0 atom stereocenters. The number of aromatic amines is 1. The van der Waals surface area contributed by atoms with Crippen molar-refractivity contribution in [3.05, 3.63) is 52.6 Å². The summed E-state index contributed by atoms with van der Waals surface area (Å²) < 4.78 is 15.5. The molecule has 0 bridgehead atoms. The number of amides is 2. The monoisotopic (exact) mass is 391 g/mol. The van der Waals surface area contributed by atoms with Crippen molar-refractivity contribution in [3.63, 3.8) is 0 Å². The molecule has 1 aromatic carbocycles. The molecule has 8 nitrogen and oxygen atoms in total. The van der Waals surface area contributed by atoms with E-state index >= 15 is 0 Å². The molecular weight excluding hydrogens is 373 g/mol. The van der Waals surface area contributed by atoms with Gasteiger partial charge >= 0.3 is 6.03 Å². The van der Waals surface area contributed by atoms with Crippen LogP contribution < -0.4 is 5.32 Å². The van der Waals surface area contributed by atoms with Crippen LogP contribution in [0.3, 0.4) is 0 Å². The van der Waals surface area contributed by atoms with Crippen molar-refractivity contribution in [1.29, 1.82) is 5.26 Å². The highest BCUT2D eigenvalue weighted by atomic mass is 19.1. The van der Waals surface area contributed by atoms with E-state index in [0.29, 0.717) is 25.2 Å². The third-order valence-corrected chi connectivity index (χ3v) is 5.49. The number of aryl methyl sites for hydroxylation is 2. The molecule has 2 aliphatic heterocycles. The van der Waals surface area contributed by atoms with Crippen molar-refractivity contribution >= 4 is 11.7 Å². The Labute approximate surface area is 165 Å². The van der Waals surface area contributed by atoms with E-state index in [4.69, 9.17) is 10.4 Å². The summed E-state index contributed by atoms with van der Waals surface area (Å²) in [6.07, 6.45) is 4.53. The fourth-order valence-electron chi connectivity index (χ4n) is 4.05. The Balaban J connectivity index is 1.42. The number of nitrogens with one attached hydrogen (secondary N) is 2. The molecule has 2 aliphatic rings. The number of carbonyl (C=O) groups is 1. The van der Waals surface area contributed by atoms with E-state index in [-0.39, 0.29) is 11.6 Å². The van der Waals surface area contributed by atoms with Crippen LogP contribution in [0.4, 0.5) is 14.9 Å². The molecule has 0 unspecified atom stereocenters. The summed E-state index contributed by atoms with van der Waals surface area (Å²) in [5.41, 5.74) is 5.39. The van der Waals surface area contributed by atoms with Crippen LogP contribution in [-0.2, 0) is 25.9 Å². The molecule has 2 N–H and O–H groups in total. The summed E-state index contributed by atoms with van der Waals surface area (Å²) in [7, 11) is 0. The van der Waals surface area contributed by atoms with Gasteiger partial charge in [0.2, 0.25) is 0 Å². The van der Waals surface area contributed by atoms with E-state index in [0.717, 1.165) is 42.0 Å². The smallest absolute Gasteiger partial charge is 0.320 e. The molecule has 3 aromatic rings. The molecule has 9 heteroatoms. The lowest BCUT2D eigenvalue weighted by Gasteiger charge is -2.27. The highest BCUT2D eigenvalue weighted by Crippen LogP contribution is 2.34. The van der Waals surface area contributed by atoms with Crippen molar-refractivity contribution in [1.82, 2.24) is 24.9 Å². The van der Waals surface area contributed by atoms with Gasteiger partial charge in [-0.1, -0.05) is 0 Å². The first kappa shape index (κ1) is 17.4. The van der Waals surface area contributed by atoms with Gasteiger partial charge in [0.15, 0.2) is 0 Å². The Morgan fingerprint density at radius 3 is 3.07 bits per heavy atom. The van der Waals surface area contributed by atoms with Gasteiger partial charge in [-0.15, -0.1) is 0 Å². The van der Waals surface area contributed by atoms with Gasteiger partial charge < -0.3 is 10.2 Å². The molecule has 0 saturated heterocycles. The van der Waals surface area contributed by atoms with Crippen molar-refractivity contribution in [2.45, 2.75) is 32.4 Å². The third kappa shape index (κ3) is 2.93. The van der Waals surface area contributed by atoms with Crippen LogP contribution in [0.5, 0.6) is 0 Å². The van der Waals surface area contributed by atoms with Crippen LogP contribution in [0.2, 0.25) is 0 Å². The molecule has 0 fully saturated rings. The standard InChI is InChI=1S/C20H18FN7O/c21-16-4-3-14(8-13(16)9-22)24-20(29)27-7-5-17-15(11-27)19-18-12(10-23-25-18)2-1-6-28(19)26-17/h3-4,8,10H,1-2,5-7,11H2,(H,23,25)(H,24,29). The molecule has 0 aliphatic carbocycles. The van der Waals surface area contributed by atoms with Crippen molar-refractivity contribution in [3.8, 4) is 17.5 Å². The zero-order valence-corrected chi connectivity index (χ0v) is 15.6. The molecule has 0 spiro atoms. The van der Waals surface area contributed by atoms with E-state index in [2.05, 4.69) is 15.5 Å². The number of anilines is 1. The SMILES string of the molecule is N#Cc1cc(NC(=O)N2CCc3nn4c(c3C2)-c2n[nH]cc2CCC4)ccc1F. The minimum atomic E-state index is -0.606. The van der Waals surface area contributed by atoms with Gasteiger partial charge in [-0.05, 0) is 36.6 Å². The predicted octanol–water partition coefficient (Wildman–Crippen LogP) is 2.82. The lowest BCUT2D eigenvalue weighted by Crippen LogP contribution is -2.38. The van der Waals surface area contributed by atoms with E-state index in [1.54, 1.807) is 11.0 Å². The van der Waals surface area contributed by atoms with Crippen LogP contribution in [0.1, 0.15) is 28.8 Å². The Hall–Kier alpha value is -3.67. The van der Waals surface area contributed by atoms with Gasteiger partial charge in [-0.3, -0.25) is 9.78 Å². The maximum atomic E-state index is 13.5. The maximum Gasteiger partial charge on any atom is 0.322 e. The van der Waals surface area contributed by atoms with Crippen molar-refractivity contribution < 1.29 is 9.18 Å². The highest BCUT2D eigenvalue weighted by molar-refractivity contribution is 5.89. The maximum absolute atomic E-state index is 13.5. The number of carbonyl (C=O) groups excluding carboxylic acids is 1. The zero-order valence-electron chi connectivity index (χ0n) is 15.6. The molecule has 2 aromatic heterocycles.